The van der Waals surface area contributed by atoms with Gasteiger partial charge in [0.15, 0.2) is 0 Å². The molecule has 0 fully saturated rings. The fourth-order valence-electron chi connectivity index (χ4n) is 3.26. The summed E-state index contributed by atoms with van der Waals surface area (Å²) < 4.78 is 33.4. The molecule has 3 N–H and O–H groups in total. The molecule has 2 aromatic carbocycles. The zero-order chi connectivity index (χ0) is 20.4. The smallest absolute Gasteiger partial charge is 0.240 e. The highest BCUT2D eigenvalue weighted by atomic mass is 32.2. The van der Waals surface area contributed by atoms with Crippen LogP contribution in [-0.2, 0) is 21.2 Å². The van der Waals surface area contributed by atoms with Crippen molar-refractivity contribution in [1.82, 2.24) is 9.71 Å². The number of amides is 1. The fourth-order valence-corrected chi connectivity index (χ4v) is 5.26. The van der Waals surface area contributed by atoms with E-state index in [0.29, 0.717) is 24.3 Å². The number of sulfonamides is 1. The van der Waals surface area contributed by atoms with Crippen LogP contribution in [0.5, 0.6) is 5.75 Å². The minimum absolute atomic E-state index is 0.103. The molecule has 7 nitrogen and oxygen atoms in total. The van der Waals surface area contributed by atoms with Gasteiger partial charge in [0.2, 0.25) is 15.9 Å². The molecule has 9 heteroatoms. The summed E-state index contributed by atoms with van der Waals surface area (Å²) in [7, 11) is -2.07. The Morgan fingerprint density at radius 1 is 1.21 bits per heavy atom. The zero-order valence-corrected chi connectivity index (χ0v) is 17.5. The third-order valence-electron chi connectivity index (χ3n) is 4.78. The number of aromatic amines is 1. The molecular formula is C20H21N3O4S2. The van der Waals surface area contributed by atoms with Crippen molar-refractivity contribution >= 4 is 44.3 Å². The summed E-state index contributed by atoms with van der Waals surface area (Å²) in [4.78, 5) is 16.0. The molecule has 0 unspecified atom stereocenters. The van der Waals surface area contributed by atoms with Gasteiger partial charge in [0.25, 0.3) is 0 Å². The topological polar surface area (TPSA) is 100 Å². The number of hydrogen-bond acceptors (Lipinski definition) is 5. The number of carbonyl (C=O) groups is 1. The fraction of sp³-hybridized carbons (Fsp3) is 0.250. The van der Waals surface area contributed by atoms with E-state index in [0.717, 1.165) is 27.1 Å². The SMILES string of the molecule is COc1ccc2[nH]cc(CCNS(=O)(=O)c3ccc4c(c3)NC(=O)CCS4)c2c1. The van der Waals surface area contributed by atoms with E-state index in [-0.39, 0.29) is 17.3 Å². The Morgan fingerprint density at radius 2 is 2.07 bits per heavy atom. The molecule has 0 spiro atoms. The number of rotatable bonds is 6. The predicted molar refractivity (Wildman–Crippen MR) is 114 cm³/mol. The molecule has 0 saturated heterocycles. The molecule has 0 saturated carbocycles. The van der Waals surface area contributed by atoms with Crippen LogP contribution in [0.4, 0.5) is 5.69 Å². The molecule has 3 aromatic rings. The Kier molecular flexibility index (Phi) is 5.53. The van der Waals surface area contributed by atoms with Crippen molar-refractivity contribution in [1.29, 1.82) is 0 Å². The number of methoxy groups -OCH3 is 1. The van der Waals surface area contributed by atoms with Crippen LogP contribution in [0.15, 0.2) is 52.4 Å². The number of thioether (sulfide) groups is 1. The Balaban J connectivity index is 1.48. The molecule has 0 radical (unpaired) electrons. The summed E-state index contributed by atoms with van der Waals surface area (Å²) in [5.41, 5.74) is 2.53. The third-order valence-corrected chi connectivity index (χ3v) is 7.32. The van der Waals surface area contributed by atoms with Crippen LogP contribution in [0.3, 0.4) is 0 Å². The molecule has 1 amide bonds. The first kappa shape index (κ1) is 19.8. The summed E-state index contributed by atoms with van der Waals surface area (Å²) in [6.45, 7) is 0.255. The van der Waals surface area contributed by atoms with Gasteiger partial charge in [0.05, 0.1) is 17.7 Å². The number of anilines is 1. The molecule has 2 heterocycles. The minimum atomic E-state index is -3.69. The van der Waals surface area contributed by atoms with E-state index >= 15 is 0 Å². The number of ether oxygens (including phenoxy) is 1. The molecule has 1 aliphatic rings. The van der Waals surface area contributed by atoms with Crippen LogP contribution in [0.25, 0.3) is 10.9 Å². The van der Waals surface area contributed by atoms with Gasteiger partial charge in [0, 0.05) is 40.7 Å². The van der Waals surface area contributed by atoms with Gasteiger partial charge in [-0.1, -0.05) is 0 Å². The van der Waals surface area contributed by atoms with Crippen molar-refractivity contribution in [2.24, 2.45) is 0 Å². The van der Waals surface area contributed by atoms with Gasteiger partial charge in [-0.2, -0.15) is 0 Å². The normalized spacial score (nSPS) is 14.3. The maximum Gasteiger partial charge on any atom is 0.240 e. The monoisotopic (exact) mass is 431 g/mol. The molecule has 0 bridgehead atoms. The van der Waals surface area contributed by atoms with Gasteiger partial charge in [0.1, 0.15) is 5.75 Å². The average molecular weight is 432 g/mol. The van der Waals surface area contributed by atoms with Crippen molar-refractivity contribution in [2.75, 3.05) is 24.7 Å². The summed E-state index contributed by atoms with van der Waals surface area (Å²) in [5, 5.41) is 3.78. The first-order chi connectivity index (χ1) is 14.0. The standard InChI is InChI=1S/C20H21N3O4S2/c1-27-14-2-4-17-16(10-14)13(12-21-17)6-8-22-29(25,26)15-3-5-19-18(11-15)23-20(24)7-9-28-19/h2-5,10-12,21-22H,6-9H2,1H3,(H,23,24). The van der Waals surface area contributed by atoms with Gasteiger partial charge in [-0.05, 0) is 48.4 Å². The van der Waals surface area contributed by atoms with Crippen LogP contribution in [0.1, 0.15) is 12.0 Å². The predicted octanol–water partition coefficient (Wildman–Crippen LogP) is 3.13. The van der Waals surface area contributed by atoms with E-state index in [1.165, 1.54) is 6.07 Å². The molecule has 29 heavy (non-hydrogen) atoms. The zero-order valence-electron chi connectivity index (χ0n) is 15.8. The van der Waals surface area contributed by atoms with Gasteiger partial charge < -0.3 is 15.0 Å². The molecule has 0 atom stereocenters. The van der Waals surface area contributed by atoms with Crippen molar-refractivity contribution < 1.29 is 17.9 Å². The highest BCUT2D eigenvalue weighted by Gasteiger charge is 2.19. The second-order valence-corrected chi connectivity index (χ2v) is 9.58. The van der Waals surface area contributed by atoms with Crippen LogP contribution in [-0.4, -0.2) is 38.7 Å². The number of fused-ring (bicyclic) bond motifs is 2. The minimum Gasteiger partial charge on any atom is -0.497 e. The average Bonchev–Trinajstić information content (AvgIpc) is 3.00. The van der Waals surface area contributed by atoms with Crippen molar-refractivity contribution in [3.05, 3.63) is 48.2 Å². The molecule has 4 rings (SSSR count). The number of benzene rings is 2. The molecule has 152 valence electrons. The first-order valence-corrected chi connectivity index (χ1v) is 11.6. The molecule has 1 aliphatic heterocycles. The largest absolute Gasteiger partial charge is 0.497 e. The van der Waals surface area contributed by atoms with Gasteiger partial charge in [-0.25, -0.2) is 13.1 Å². The van der Waals surface area contributed by atoms with E-state index in [1.54, 1.807) is 31.0 Å². The van der Waals surface area contributed by atoms with Gasteiger partial charge >= 0.3 is 0 Å². The Morgan fingerprint density at radius 3 is 2.90 bits per heavy atom. The van der Waals surface area contributed by atoms with Gasteiger partial charge in [-0.3, -0.25) is 4.79 Å². The van der Waals surface area contributed by atoms with Gasteiger partial charge in [-0.15, -0.1) is 11.8 Å². The highest BCUT2D eigenvalue weighted by Crippen LogP contribution is 2.32. The van der Waals surface area contributed by atoms with E-state index in [1.807, 2.05) is 24.4 Å². The third kappa shape index (κ3) is 4.26. The Labute approximate surface area is 173 Å². The van der Waals surface area contributed by atoms with Crippen LogP contribution >= 0.6 is 11.8 Å². The van der Waals surface area contributed by atoms with Crippen LogP contribution < -0.4 is 14.8 Å². The maximum atomic E-state index is 12.7. The first-order valence-electron chi connectivity index (χ1n) is 9.16. The number of nitrogens with one attached hydrogen (secondary N) is 3. The van der Waals surface area contributed by atoms with Crippen LogP contribution in [0, 0.1) is 0 Å². The maximum absolute atomic E-state index is 12.7. The number of H-pyrrole nitrogens is 1. The van der Waals surface area contributed by atoms with E-state index in [4.69, 9.17) is 4.74 Å². The summed E-state index contributed by atoms with van der Waals surface area (Å²) >= 11 is 1.54. The lowest BCUT2D eigenvalue weighted by Crippen LogP contribution is -2.26. The summed E-state index contributed by atoms with van der Waals surface area (Å²) in [5.74, 6) is 1.33. The molecule has 1 aromatic heterocycles. The second-order valence-electron chi connectivity index (χ2n) is 6.68. The lowest BCUT2D eigenvalue weighted by atomic mass is 10.1. The summed E-state index contributed by atoms with van der Waals surface area (Å²) in [6, 6.07) is 10.6. The van der Waals surface area contributed by atoms with Crippen molar-refractivity contribution in [3.63, 3.8) is 0 Å². The second kappa shape index (κ2) is 8.10. The molecule has 0 aliphatic carbocycles. The molecular weight excluding hydrogens is 410 g/mol. The number of carbonyl (C=O) groups excluding carboxylic acids is 1. The Bertz CT molecular complexity index is 1170. The van der Waals surface area contributed by atoms with E-state index < -0.39 is 10.0 Å². The number of hydrogen-bond donors (Lipinski definition) is 3. The van der Waals surface area contributed by atoms with E-state index in [9.17, 15) is 13.2 Å². The highest BCUT2D eigenvalue weighted by molar-refractivity contribution is 7.99. The van der Waals surface area contributed by atoms with Crippen molar-refractivity contribution in [2.45, 2.75) is 22.6 Å². The Hall–Kier alpha value is -2.49. The number of aromatic nitrogens is 1. The van der Waals surface area contributed by atoms with Crippen molar-refractivity contribution in [3.8, 4) is 5.75 Å². The lowest BCUT2D eigenvalue weighted by molar-refractivity contribution is -0.115. The summed E-state index contributed by atoms with van der Waals surface area (Å²) in [6.07, 6.45) is 2.83. The van der Waals surface area contributed by atoms with E-state index in [2.05, 4.69) is 15.0 Å². The quantitative estimate of drug-likeness (QED) is 0.557. The lowest BCUT2D eigenvalue weighted by Gasteiger charge is -2.11. The van der Waals surface area contributed by atoms with Crippen LogP contribution in [0.2, 0.25) is 0 Å².